The molecule has 2 aromatic carbocycles. The van der Waals surface area contributed by atoms with Crippen molar-refractivity contribution in [3.63, 3.8) is 0 Å². The van der Waals surface area contributed by atoms with Gasteiger partial charge in [0, 0.05) is 0 Å². The molecule has 0 aliphatic carbocycles. The van der Waals surface area contributed by atoms with Gasteiger partial charge in [0.15, 0.2) is 17.6 Å². The minimum atomic E-state index is -0.734. The average molecular weight is 328 g/mol. The van der Waals surface area contributed by atoms with Crippen LogP contribution in [0.4, 0.5) is 5.69 Å². The van der Waals surface area contributed by atoms with Crippen LogP contribution in [0.15, 0.2) is 48.5 Å². The van der Waals surface area contributed by atoms with Gasteiger partial charge in [0.25, 0.3) is 11.8 Å². The van der Waals surface area contributed by atoms with Crippen molar-refractivity contribution in [2.45, 2.75) is 19.4 Å². The zero-order valence-corrected chi connectivity index (χ0v) is 13.6. The number of benzene rings is 2. The summed E-state index contributed by atoms with van der Waals surface area (Å²) in [6.07, 6.45) is -0.287. The molecule has 0 saturated heterocycles. The number of anilines is 1. The first-order chi connectivity index (χ1) is 11.6. The van der Waals surface area contributed by atoms with E-state index in [0.717, 1.165) is 0 Å². The third-order valence-electron chi connectivity index (χ3n) is 3.45. The van der Waals surface area contributed by atoms with Gasteiger partial charge in [-0.3, -0.25) is 9.59 Å². The molecule has 0 bridgehead atoms. The van der Waals surface area contributed by atoms with Crippen LogP contribution in [0.25, 0.3) is 0 Å². The zero-order chi connectivity index (χ0) is 17.5. The van der Waals surface area contributed by atoms with E-state index in [1.54, 1.807) is 42.5 Å². The highest BCUT2D eigenvalue weighted by atomic mass is 16.5. The molecule has 0 radical (unpaired) electrons. The Labute approximate surface area is 140 Å². The fraction of sp³-hybridized carbons (Fsp3) is 0.222. The summed E-state index contributed by atoms with van der Waals surface area (Å²) in [6, 6.07) is 13.7. The molecule has 0 saturated carbocycles. The molecule has 0 spiro atoms. The lowest BCUT2D eigenvalue weighted by molar-refractivity contribution is -0.122. The first-order valence-corrected chi connectivity index (χ1v) is 7.56. The van der Waals surface area contributed by atoms with Crippen LogP contribution in [-0.2, 0) is 4.79 Å². The molecule has 0 heterocycles. The number of primary amides is 1. The quantitative estimate of drug-likeness (QED) is 0.817. The smallest absolute Gasteiger partial charge is 0.265 e. The molecule has 2 aromatic rings. The van der Waals surface area contributed by atoms with Gasteiger partial charge >= 0.3 is 0 Å². The van der Waals surface area contributed by atoms with Crippen molar-refractivity contribution < 1.29 is 19.1 Å². The molecule has 2 rings (SSSR count). The number of ether oxygens (including phenoxy) is 2. The third kappa shape index (κ3) is 4.04. The maximum absolute atomic E-state index is 12.5. The number of carbonyl (C=O) groups is 2. The SMILES string of the molecule is CC[C@H](Oc1ccccc1OC)C(=O)Nc1ccccc1C(N)=O. The van der Waals surface area contributed by atoms with E-state index < -0.39 is 12.0 Å². The Morgan fingerprint density at radius 2 is 1.71 bits per heavy atom. The van der Waals surface area contributed by atoms with E-state index in [9.17, 15) is 9.59 Å². The van der Waals surface area contributed by atoms with E-state index in [0.29, 0.717) is 23.6 Å². The van der Waals surface area contributed by atoms with Gasteiger partial charge in [0.1, 0.15) is 0 Å². The Kier molecular flexibility index (Phi) is 5.78. The molecule has 3 N–H and O–H groups in total. The van der Waals surface area contributed by atoms with Crippen molar-refractivity contribution in [2.75, 3.05) is 12.4 Å². The lowest BCUT2D eigenvalue weighted by atomic mass is 10.1. The molecule has 0 aromatic heterocycles. The molecule has 6 heteroatoms. The standard InChI is InChI=1S/C18H20N2O4/c1-3-14(24-16-11-7-6-10-15(16)23-2)18(22)20-13-9-5-4-8-12(13)17(19)21/h4-11,14H,3H2,1-2H3,(H2,19,21)(H,20,22)/t14-/m0/s1. The van der Waals surface area contributed by atoms with E-state index in [1.165, 1.54) is 7.11 Å². The van der Waals surface area contributed by atoms with Gasteiger partial charge in [-0.2, -0.15) is 0 Å². The predicted octanol–water partition coefficient (Wildman–Crippen LogP) is 2.59. The number of nitrogens with two attached hydrogens (primary N) is 1. The summed E-state index contributed by atoms with van der Waals surface area (Å²) in [5.41, 5.74) is 5.93. The molecule has 2 amide bonds. The first kappa shape index (κ1) is 17.3. The van der Waals surface area contributed by atoms with E-state index in [2.05, 4.69) is 5.32 Å². The van der Waals surface area contributed by atoms with Gasteiger partial charge < -0.3 is 20.5 Å². The Hall–Kier alpha value is -3.02. The summed E-state index contributed by atoms with van der Waals surface area (Å²) < 4.78 is 11.0. The van der Waals surface area contributed by atoms with Crippen LogP contribution in [-0.4, -0.2) is 25.0 Å². The highest BCUT2D eigenvalue weighted by molar-refractivity contribution is 6.04. The summed E-state index contributed by atoms with van der Waals surface area (Å²) in [5.74, 6) is 0.0492. The summed E-state index contributed by atoms with van der Waals surface area (Å²) in [4.78, 5) is 23.9. The lowest BCUT2D eigenvalue weighted by Crippen LogP contribution is -2.33. The van der Waals surface area contributed by atoms with Crippen LogP contribution in [0.2, 0.25) is 0 Å². The molecule has 0 aliphatic heterocycles. The monoisotopic (exact) mass is 328 g/mol. The van der Waals surface area contributed by atoms with Crippen molar-refractivity contribution in [2.24, 2.45) is 5.73 Å². The molecule has 0 aliphatic rings. The topological polar surface area (TPSA) is 90.7 Å². The van der Waals surface area contributed by atoms with E-state index in [-0.39, 0.29) is 11.5 Å². The van der Waals surface area contributed by atoms with Crippen LogP contribution in [0.3, 0.4) is 0 Å². The maximum Gasteiger partial charge on any atom is 0.265 e. The fourth-order valence-electron chi connectivity index (χ4n) is 2.21. The van der Waals surface area contributed by atoms with Crippen LogP contribution in [0.5, 0.6) is 11.5 Å². The molecular formula is C18H20N2O4. The molecule has 6 nitrogen and oxygen atoms in total. The summed E-state index contributed by atoms with van der Waals surface area (Å²) >= 11 is 0. The van der Waals surface area contributed by atoms with Gasteiger partial charge in [0.2, 0.25) is 0 Å². The first-order valence-electron chi connectivity index (χ1n) is 7.56. The van der Waals surface area contributed by atoms with Crippen molar-refractivity contribution in [1.82, 2.24) is 0 Å². The van der Waals surface area contributed by atoms with Gasteiger partial charge in [0.05, 0.1) is 18.4 Å². The summed E-state index contributed by atoms with van der Waals surface area (Å²) in [7, 11) is 1.53. The minimum absolute atomic E-state index is 0.248. The number of para-hydroxylation sites is 3. The molecule has 24 heavy (non-hydrogen) atoms. The Balaban J connectivity index is 2.16. The van der Waals surface area contributed by atoms with E-state index in [1.807, 2.05) is 13.0 Å². The molecule has 0 unspecified atom stereocenters. The molecule has 1 atom stereocenters. The second kappa shape index (κ2) is 8.01. The maximum atomic E-state index is 12.5. The van der Waals surface area contributed by atoms with Crippen molar-refractivity contribution in [3.8, 4) is 11.5 Å². The highest BCUT2D eigenvalue weighted by Gasteiger charge is 2.21. The second-order valence-electron chi connectivity index (χ2n) is 5.06. The number of carbonyl (C=O) groups excluding carboxylic acids is 2. The van der Waals surface area contributed by atoms with Gasteiger partial charge in [-0.1, -0.05) is 31.2 Å². The van der Waals surface area contributed by atoms with Crippen molar-refractivity contribution in [3.05, 3.63) is 54.1 Å². The highest BCUT2D eigenvalue weighted by Crippen LogP contribution is 2.27. The largest absolute Gasteiger partial charge is 0.493 e. The van der Waals surface area contributed by atoms with E-state index in [4.69, 9.17) is 15.2 Å². The summed E-state index contributed by atoms with van der Waals surface area (Å²) in [6.45, 7) is 1.83. The van der Waals surface area contributed by atoms with Gasteiger partial charge in [-0.05, 0) is 30.7 Å². The normalized spacial score (nSPS) is 11.4. The zero-order valence-electron chi connectivity index (χ0n) is 13.6. The molecule has 0 fully saturated rings. The predicted molar refractivity (Wildman–Crippen MR) is 91.3 cm³/mol. The Bertz CT molecular complexity index is 730. The summed E-state index contributed by atoms with van der Waals surface area (Å²) in [5, 5.41) is 2.70. The average Bonchev–Trinajstić information content (AvgIpc) is 2.60. The van der Waals surface area contributed by atoms with Gasteiger partial charge in [-0.15, -0.1) is 0 Å². The number of amides is 2. The van der Waals surface area contributed by atoms with Crippen LogP contribution in [0.1, 0.15) is 23.7 Å². The number of rotatable bonds is 7. The number of nitrogens with one attached hydrogen (secondary N) is 1. The third-order valence-corrected chi connectivity index (χ3v) is 3.45. The van der Waals surface area contributed by atoms with Crippen LogP contribution >= 0.6 is 0 Å². The lowest BCUT2D eigenvalue weighted by Gasteiger charge is -2.19. The van der Waals surface area contributed by atoms with Crippen LogP contribution < -0.4 is 20.5 Å². The van der Waals surface area contributed by atoms with Gasteiger partial charge in [-0.25, -0.2) is 0 Å². The minimum Gasteiger partial charge on any atom is -0.493 e. The Morgan fingerprint density at radius 3 is 2.33 bits per heavy atom. The van der Waals surface area contributed by atoms with Crippen LogP contribution in [0, 0.1) is 0 Å². The second-order valence-corrected chi connectivity index (χ2v) is 5.06. The fourth-order valence-corrected chi connectivity index (χ4v) is 2.21. The van der Waals surface area contributed by atoms with E-state index >= 15 is 0 Å². The number of methoxy groups -OCH3 is 1. The molecular weight excluding hydrogens is 308 g/mol. The molecule has 126 valence electrons. The Morgan fingerprint density at radius 1 is 1.08 bits per heavy atom. The van der Waals surface area contributed by atoms with Crippen molar-refractivity contribution >= 4 is 17.5 Å². The number of hydrogen-bond acceptors (Lipinski definition) is 4. The van der Waals surface area contributed by atoms with Crippen molar-refractivity contribution in [1.29, 1.82) is 0 Å². The number of hydrogen-bond donors (Lipinski definition) is 2.